The van der Waals surface area contributed by atoms with E-state index < -0.39 is 12.2 Å². The highest BCUT2D eigenvalue weighted by Gasteiger charge is 2.84. The first-order valence-electron chi connectivity index (χ1n) is 14.8. The van der Waals surface area contributed by atoms with Gasteiger partial charge < -0.3 is 20.1 Å². The van der Waals surface area contributed by atoms with E-state index in [1.165, 1.54) is 38.5 Å². The van der Waals surface area contributed by atoms with Crippen molar-refractivity contribution >= 4 is 0 Å². The lowest BCUT2D eigenvalue weighted by Gasteiger charge is -2.63. The van der Waals surface area contributed by atoms with Gasteiger partial charge in [0, 0.05) is 5.41 Å². The van der Waals surface area contributed by atoms with Crippen LogP contribution in [0.5, 0.6) is 0 Å². The van der Waals surface area contributed by atoms with Gasteiger partial charge in [0.2, 0.25) is 0 Å². The SMILES string of the molecule is C[C@@H]1CC([C@@H](O)C(C)(C)C)OC2C1[C@@]1(C)CCC34C[C@@]35CC[C@H](O)C(C)(C)[C@@H]5CC[C@H]4[C@]1(C)[C@H]2O. The minimum Gasteiger partial charge on any atom is -0.393 e. The van der Waals surface area contributed by atoms with Crippen LogP contribution in [0.2, 0.25) is 0 Å². The molecule has 0 bridgehead atoms. The predicted molar refractivity (Wildman–Crippen MR) is 138 cm³/mol. The number of aliphatic hydroxyl groups excluding tert-OH is 3. The van der Waals surface area contributed by atoms with Crippen molar-refractivity contribution in [1.82, 2.24) is 0 Å². The zero-order valence-corrected chi connectivity index (χ0v) is 23.6. The van der Waals surface area contributed by atoms with Crippen LogP contribution in [0.4, 0.5) is 0 Å². The second-order valence-electron chi connectivity index (χ2n) is 16.4. The van der Waals surface area contributed by atoms with Crippen molar-refractivity contribution in [2.75, 3.05) is 0 Å². The molecular formula is C31H52O4. The van der Waals surface area contributed by atoms with Crippen LogP contribution in [0.1, 0.15) is 107 Å². The summed E-state index contributed by atoms with van der Waals surface area (Å²) in [6, 6.07) is 0. The highest BCUT2D eigenvalue weighted by atomic mass is 16.5. The summed E-state index contributed by atoms with van der Waals surface area (Å²) in [7, 11) is 0. The summed E-state index contributed by atoms with van der Waals surface area (Å²) in [5, 5.41) is 34.3. The Balaban J connectivity index is 1.36. The van der Waals surface area contributed by atoms with Crippen LogP contribution in [0, 0.1) is 56.2 Å². The molecule has 3 N–H and O–H groups in total. The average molecular weight is 489 g/mol. The van der Waals surface area contributed by atoms with Gasteiger partial charge in [0.25, 0.3) is 0 Å². The van der Waals surface area contributed by atoms with Crippen molar-refractivity contribution in [2.45, 2.75) is 137 Å². The molecule has 6 rings (SSSR count). The van der Waals surface area contributed by atoms with Crippen LogP contribution >= 0.6 is 0 Å². The third-order valence-electron chi connectivity index (χ3n) is 14.0. The molecule has 0 aromatic heterocycles. The van der Waals surface area contributed by atoms with Gasteiger partial charge in [-0.3, -0.25) is 0 Å². The fraction of sp³-hybridized carbons (Fsp3) is 1.00. The number of rotatable bonds is 1. The van der Waals surface area contributed by atoms with Crippen LogP contribution < -0.4 is 0 Å². The molecule has 4 heteroatoms. The van der Waals surface area contributed by atoms with Crippen molar-refractivity contribution in [3.05, 3.63) is 0 Å². The molecule has 4 nitrogen and oxygen atoms in total. The molecule has 200 valence electrons. The summed E-state index contributed by atoms with van der Waals surface area (Å²) in [6.45, 7) is 18.2. The minimum absolute atomic E-state index is 0.00933. The molecule has 13 atom stereocenters. The standard InChI is InChI=1S/C31H52O4/c1-17-15-18(24(33)26(2,3)4)35-23-22(17)28(7)13-14-31-16-30(31)12-11-21(32)27(5,6)19(30)9-10-20(31)29(28,8)25(23)34/h17-25,32-34H,9-16H2,1-8H3/t17-,18?,19+,20+,21+,22?,23?,24-,25+,28-,29-,30-,31?/m1/s1. The summed E-state index contributed by atoms with van der Waals surface area (Å²) in [4.78, 5) is 0. The molecule has 1 heterocycles. The molecule has 4 unspecified atom stereocenters. The molecule has 6 fully saturated rings. The van der Waals surface area contributed by atoms with E-state index in [1.807, 2.05) is 0 Å². The van der Waals surface area contributed by atoms with E-state index in [0.29, 0.717) is 34.5 Å². The average Bonchev–Trinajstić information content (AvgIpc) is 3.40. The van der Waals surface area contributed by atoms with Gasteiger partial charge in [-0.2, -0.15) is 0 Å². The predicted octanol–water partition coefficient (Wildman–Crippen LogP) is 5.57. The van der Waals surface area contributed by atoms with E-state index >= 15 is 0 Å². The number of aliphatic hydroxyl groups is 3. The summed E-state index contributed by atoms with van der Waals surface area (Å²) in [6.07, 6.45) is 7.55. The fourth-order valence-electron chi connectivity index (χ4n) is 12.1. The van der Waals surface area contributed by atoms with E-state index in [-0.39, 0.29) is 40.0 Å². The van der Waals surface area contributed by atoms with Crippen LogP contribution in [-0.2, 0) is 4.74 Å². The van der Waals surface area contributed by atoms with Gasteiger partial charge in [-0.05, 0) is 102 Å². The van der Waals surface area contributed by atoms with Gasteiger partial charge in [0.1, 0.15) is 0 Å². The Bertz CT molecular complexity index is 893. The van der Waals surface area contributed by atoms with Crippen molar-refractivity contribution in [3.63, 3.8) is 0 Å². The van der Waals surface area contributed by atoms with Crippen molar-refractivity contribution < 1.29 is 20.1 Å². The highest BCUT2D eigenvalue weighted by molar-refractivity contribution is 5.32. The lowest BCUT2D eigenvalue weighted by atomic mass is 9.41. The monoisotopic (exact) mass is 488 g/mol. The van der Waals surface area contributed by atoms with Gasteiger partial charge in [0.15, 0.2) is 0 Å². The zero-order valence-electron chi connectivity index (χ0n) is 23.6. The van der Waals surface area contributed by atoms with Crippen molar-refractivity contribution in [1.29, 1.82) is 0 Å². The largest absolute Gasteiger partial charge is 0.393 e. The topological polar surface area (TPSA) is 69.9 Å². The van der Waals surface area contributed by atoms with Gasteiger partial charge in [-0.25, -0.2) is 0 Å². The van der Waals surface area contributed by atoms with Gasteiger partial charge in [-0.1, -0.05) is 55.4 Å². The highest BCUT2D eigenvalue weighted by Crippen LogP contribution is 2.89. The first kappa shape index (κ1) is 25.1. The van der Waals surface area contributed by atoms with Gasteiger partial charge in [-0.15, -0.1) is 0 Å². The van der Waals surface area contributed by atoms with Crippen molar-refractivity contribution in [3.8, 4) is 0 Å². The molecule has 1 saturated heterocycles. The Morgan fingerprint density at radius 2 is 1.51 bits per heavy atom. The molecule has 35 heavy (non-hydrogen) atoms. The second kappa shape index (κ2) is 7.07. The van der Waals surface area contributed by atoms with E-state index in [0.717, 1.165) is 12.8 Å². The summed E-state index contributed by atoms with van der Waals surface area (Å²) in [5.41, 5.74) is 0.361. The number of hydrogen-bond donors (Lipinski definition) is 3. The molecule has 6 aliphatic rings. The Morgan fingerprint density at radius 3 is 2.17 bits per heavy atom. The minimum atomic E-state index is -0.522. The second-order valence-corrected chi connectivity index (χ2v) is 16.4. The van der Waals surface area contributed by atoms with Crippen LogP contribution in [-0.4, -0.2) is 45.8 Å². The zero-order chi connectivity index (χ0) is 25.6. The summed E-state index contributed by atoms with van der Waals surface area (Å²) in [5.74, 6) is 1.91. The van der Waals surface area contributed by atoms with E-state index in [4.69, 9.17) is 4.74 Å². The third kappa shape index (κ3) is 2.74. The molecule has 0 aromatic carbocycles. The Labute approximate surface area is 213 Å². The first-order chi connectivity index (χ1) is 16.1. The van der Waals surface area contributed by atoms with Gasteiger partial charge >= 0.3 is 0 Å². The van der Waals surface area contributed by atoms with E-state index in [9.17, 15) is 15.3 Å². The molecule has 0 aromatic rings. The van der Waals surface area contributed by atoms with E-state index in [1.54, 1.807) is 0 Å². The van der Waals surface area contributed by atoms with Crippen molar-refractivity contribution in [2.24, 2.45) is 56.2 Å². The van der Waals surface area contributed by atoms with E-state index in [2.05, 4.69) is 55.4 Å². The normalized spacial score (nSPS) is 59.4. The first-order valence-corrected chi connectivity index (χ1v) is 14.8. The fourth-order valence-corrected chi connectivity index (χ4v) is 12.1. The molecule has 0 amide bonds. The maximum Gasteiger partial charge on any atom is 0.0880 e. The summed E-state index contributed by atoms with van der Waals surface area (Å²) >= 11 is 0. The smallest absolute Gasteiger partial charge is 0.0880 e. The molecule has 5 saturated carbocycles. The third-order valence-corrected chi connectivity index (χ3v) is 14.0. The van der Waals surface area contributed by atoms with Crippen LogP contribution in [0.25, 0.3) is 0 Å². The summed E-state index contributed by atoms with van der Waals surface area (Å²) < 4.78 is 6.75. The van der Waals surface area contributed by atoms with Gasteiger partial charge in [0.05, 0.1) is 30.5 Å². The quantitative estimate of drug-likeness (QED) is 0.451. The Kier molecular flexibility index (Phi) is 5.08. The Hall–Kier alpha value is -0.160. The molecule has 2 spiro atoms. The molecule has 5 aliphatic carbocycles. The number of ether oxygens (including phenoxy) is 1. The number of fused-ring (bicyclic) bond motifs is 4. The maximum absolute atomic E-state index is 12.2. The molecular weight excluding hydrogens is 436 g/mol. The molecule has 0 radical (unpaired) electrons. The maximum atomic E-state index is 12.2. The van der Waals surface area contributed by atoms with Crippen LogP contribution in [0.15, 0.2) is 0 Å². The molecule has 1 aliphatic heterocycles. The Morgan fingerprint density at radius 1 is 0.886 bits per heavy atom. The lowest BCUT2D eigenvalue weighted by molar-refractivity contribution is -0.189. The van der Waals surface area contributed by atoms with Crippen LogP contribution in [0.3, 0.4) is 0 Å². The number of hydrogen-bond acceptors (Lipinski definition) is 4. The lowest BCUT2D eigenvalue weighted by Crippen LogP contribution is -2.59.